The van der Waals surface area contributed by atoms with Gasteiger partial charge in [-0.2, -0.15) is 0 Å². The van der Waals surface area contributed by atoms with Crippen LogP contribution >= 0.6 is 28.1 Å². The number of carbonyl (C=O) groups is 2. The number of para-hydroxylation sites is 1. The first kappa shape index (κ1) is 19.0. The molecule has 1 heterocycles. The number of nitrogens with zero attached hydrogens (tertiary/aromatic N) is 1. The van der Waals surface area contributed by atoms with E-state index in [-0.39, 0.29) is 10.7 Å². The number of hydrogen-bond acceptors (Lipinski definition) is 4. The molecule has 27 heavy (non-hydrogen) atoms. The molecule has 0 radical (unpaired) electrons. The molecular weight excluding hydrogens is 428 g/mol. The lowest BCUT2D eigenvalue weighted by atomic mass is 10.1. The maximum Gasteiger partial charge on any atom is 0.270 e. The van der Waals surface area contributed by atoms with E-state index in [2.05, 4.69) is 27.8 Å². The summed E-state index contributed by atoms with van der Waals surface area (Å²) in [6, 6.07) is 14.2. The van der Waals surface area contributed by atoms with E-state index in [4.69, 9.17) is 17.0 Å². The van der Waals surface area contributed by atoms with Crippen LogP contribution in [0, 0.1) is 0 Å². The number of benzene rings is 2. The molecular formula is C20H15BrN2O3S. The third kappa shape index (κ3) is 4.15. The second kappa shape index (κ2) is 8.28. The summed E-state index contributed by atoms with van der Waals surface area (Å²) in [5.41, 5.74) is 1.26. The van der Waals surface area contributed by atoms with E-state index in [1.807, 2.05) is 6.07 Å². The number of hydrogen-bond donors (Lipinski definition) is 1. The molecule has 0 aliphatic carbocycles. The van der Waals surface area contributed by atoms with Crippen LogP contribution in [0.4, 0.5) is 5.69 Å². The Morgan fingerprint density at radius 1 is 1.19 bits per heavy atom. The van der Waals surface area contributed by atoms with Crippen molar-refractivity contribution in [3.05, 3.63) is 76.8 Å². The molecule has 3 rings (SSSR count). The van der Waals surface area contributed by atoms with Gasteiger partial charge >= 0.3 is 0 Å². The zero-order chi connectivity index (χ0) is 19.4. The van der Waals surface area contributed by atoms with E-state index in [1.165, 1.54) is 11.0 Å². The fourth-order valence-corrected chi connectivity index (χ4v) is 3.30. The van der Waals surface area contributed by atoms with E-state index in [9.17, 15) is 9.59 Å². The second-order valence-electron chi connectivity index (χ2n) is 5.58. The van der Waals surface area contributed by atoms with Gasteiger partial charge in [0.1, 0.15) is 17.9 Å². The first-order chi connectivity index (χ1) is 13.0. The van der Waals surface area contributed by atoms with Crippen LogP contribution in [0.5, 0.6) is 5.75 Å². The highest BCUT2D eigenvalue weighted by atomic mass is 79.9. The lowest BCUT2D eigenvalue weighted by Gasteiger charge is -2.28. The van der Waals surface area contributed by atoms with Crippen LogP contribution in [-0.4, -0.2) is 23.5 Å². The minimum absolute atomic E-state index is 0.000821. The Bertz CT molecular complexity index is 957. The fraction of sp³-hybridized carbons (Fsp3) is 0.0500. The van der Waals surface area contributed by atoms with Crippen LogP contribution in [0.1, 0.15) is 5.56 Å². The van der Waals surface area contributed by atoms with Gasteiger partial charge in [0, 0.05) is 0 Å². The standard InChI is InChI=1S/C20H15BrN2O3S/c1-2-10-26-17-9-8-13(12-16(17)21)11-15-18(24)22-20(27)23(19(15)25)14-6-4-3-5-7-14/h2-9,11-12H,1,10H2,(H,22,24,27)/b15-11-. The smallest absolute Gasteiger partial charge is 0.270 e. The molecule has 1 aliphatic rings. The lowest BCUT2D eigenvalue weighted by molar-refractivity contribution is -0.122. The topological polar surface area (TPSA) is 58.6 Å². The minimum atomic E-state index is -0.528. The molecule has 0 saturated carbocycles. The summed E-state index contributed by atoms with van der Waals surface area (Å²) in [4.78, 5) is 26.5. The van der Waals surface area contributed by atoms with Gasteiger partial charge in [0.25, 0.3) is 11.8 Å². The van der Waals surface area contributed by atoms with Crippen molar-refractivity contribution in [3.8, 4) is 5.75 Å². The van der Waals surface area contributed by atoms with E-state index >= 15 is 0 Å². The molecule has 0 unspecified atom stereocenters. The molecule has 1 fully saturated rings. The average Bonchev–Trinajstić information content (AvgIpc) is 2.65. The highest BCUT2D eigenvalue weighted by Crippen LogP contribution is 2.28. The van der Waals surface area contributed by atoms with Gasteiger partial charge < -0.3 is 4.74 Å². The predicted octanol–water partition coefficient (Wildman–Crippen LogP) is 3.85. The molecule has 1 aliphatic heterocycles. The summed E-state index contributed by atoms with van der Waals surface area (Å²) < 4.78 is 6.21. The van der Waals surface area contributed by atoms with Crippen LogP contribution in [-0.2, 0) is 9.59 Å². The second-order valence-corrected chi connectivity index (χ2v) is 6.82. The Morgan fingerprint density at radius 2 is 1.93 bits per heavy atom. The molecule has 1 saturated heterocycles. The quantitative estimate of drug-likeness (QED) is 0.330. The monoisotopic (exact) mass is 442 g/mol. The maximum atomic E-state index is 12.9. The summed E-state index contributed by atoms with van der Waals surface area (Å²) in [6.45, 7) is 3.99. The van der Waals surface area contributed by atoms with Gasteiger partial charge in [0.05, 0.1) is 10.2 Å². The number of thiocarbonyl (C=S) groups is 1. The molecule has 0 bridgehead atoms. The Hall–Kier alpha value is -2.77. The van der Waals surface area contributed by atoms with Crippen molar-refractivity contribution < 1.29 is 14.3 Å². The highest BCUT2D eigenvalue weighted by Gasteiger charge is 2.34. The number of halogens is 1. The number of ether oxygens (including phenoxy) is 1. The van der Waals surface area contributed by atoms with Crippen LogP contribution in [0.2, 0.25) is 0 Å². The van der Waals surface area contributed by atoms with Gasteiger partial charge in [0.15, 0.2) is 5.11 Å². The normalized spacial score (nSPS) is 15.7. The van der Waals surface area contributed by atoms with E-state index in [0.717, 1.165) is 0 Å². The highest BCUT2D eigenvalue weighted by molar-refractivity contribution is 9.10. The summed E-state index contributed by atoms with van der Waals surface area (Å²) in [6.07, 6.45) is 3.17. The van der Waals surface area contributed by atoms with Crippen molar-refractivity contribution in [2.24, 2.45) is 0 Å². The van der Waals surface area contributed by atoms with Crippen molar-refractivity contribution in [1.29, 1.82) is 0 Å². The molecule has 5 nitrogen and oxygen atoms in total. The molecule has 7 heteroatoms. The SMILES string of the molecule is C=CCOc1ccc(/C=C2/C(=O)NC(=S)N(c3ccccc3)C2=O)cc1Br. The molecule has 2 aromatic rings. The van der Waals surface area contributed by atoms with Gasteiger partial charge in [-0.25, -0.2) is 0 Å². The number of amides is 2. The summed E-state index contributed by atoms with van der Waals surface area (Å²) in [7, 11) is 0. The maximum absolute atomic E-state index is 12.9. The molecule has 0 atom stereocenters. The molecule has 0 spiro atoms. The lowest BCUT2D eigenvalue weighted by Crippen LogP contribution is -2.54. The van der Waals surface area contributed by atoms with Crippen LogP contribution in [0.15, 0.2) is 71.2 Å². The Balaban J connectivity index is 1.93. The van der Waals surface area contributed by atoms with Gasteiger partial charge in [0.2, 0.25) is 0 Å². The number of rotatable bonds is 5. The number of anilines is 1. The van der Waals surface area contributed by atoms with Gasteiger partial charge in [-0.1, -0.05) is 36.9 Å². The van der Waals surface area contributed by atoms with Crippen molar-refractivity contribution >= 4 is 56.8 Å². The van der Waals surface area contributed by atoms with Gasteiger partial charge in [-0.05, 0) is 64.1 Å². The Labute approximate surface area is 170 Å². The minimum Gasteiger partial charge on any atom is -0.488 e. The fourth-order valence-electron chi connectivity index (χ4n) is 2.51. The Morgan fingerprint density at radius 3 is 2.59 bits per heavy atom. The third-order valence-electron chi connectivity index (χ3n) is 3.74. The van der Waals surface area contributed by atoms with Gasteiger partial charge in [-0.15, -0.1) is 0 Å². The van der Waals surface area contributed by atoms with Crippen LogP contribution in [0.3, 0.4) is 0 Å². The molecule has 2 aromatic carbocycles. The average molecular weight is 443 g/mol. The molecule has 0 aromatic heterocycles. The van der Waals surface area contributed by atoms with Gasteiger partial charge in [-0.3, -0.25) is 19.8 Å². The number of nitrogens with one attached hydrogen (secondary N) is 1. The summed E-state index contributed by atoms with van der Waals surface area (Å²) in [5, 5.41) is 2.62. The molecule has 1 N–H and O–H groups in total. The zero-order valence-electron chi connectivity index (χ0n) is 14.1. The van der Waals surface area contributed by atoms with Crippen molar-refractivity contribution in [2.45, 2.75) is 0 Å². The molecule has 136 valence electrons. The van der Waals surface area contributed by atoms with Crippen LogP contribution < -0.4 is 15.0 Å². The molecule has 2 amide bonds. The van der Waals surface area contributed by atoms with E-state index in [0.29, 0.717) is 28.1 Å². The first-order valence-electron chi connectivity index (χ1n) is 8.01. The number of carbonyl (C=O) groups excluding carboxylic acids is 2. The summed E-state index contributed by atoms with van der Waals surface area (Å²) in [5.74, 6) is -0.359. The van der Waals surface area contributed by atoms with Crippen molar-refractivity contribution in [1.82, 2.24) is 5.32 Å². The van der Waals surface area contributed by atoms with Crippen molar-refractivity contribution in [2.75, 3.05) is 11.5 Å². The van der Waals surface area contributed by atoms with Crippen molar-refractivity contribution in [3.63, 3.8) is 0 Å². The Kier molecular flexibility index (Phi) is 5.83. The largest absolute Gasteiger partial charge is 0.488 e. The summed E-state index contributed by atoms with van der Waals surface area (Å²) >= 11 is 8.60. The zero-order valence-corrected chi connectivity index (χ0v) is 16.5. The van der Waals surface area contributed by atoms with E-state index in [1.54, 1.807) is 48.5 Å². The first-order valence-corrected chi connectivity index (χ1v) is 9.21. The predicted molar refractivity (Wildman–Crippen MR) is 112 cm³/mol. The van der Waals surface area contributed by atoms with E-state index < -0.39 is 11.8 Å². The van der Waals surface area contributed by atoms with Crippen LogP contribution in [0.25, 0.3) is 6.08 Å². The third-order valence-corrected chi connectivity index (χ3v) is 4.64.